The summed E-state index contributed by atoms with van der Waals surface area (Å²) >= 11 is 0. The van der Waals surface area contributed by atoms with Gasteiger partial charge in [0.1, 0.15) is 0 Å². The van der Waals surface area contributed by atoms with Gasteiger partial charge in [-0.2, -0.15) is 0 Å². The number of benzene rings is 1. The van der Waals surface area contributed by atoms with E-state index in [1.165, 1.54) is 4.90 Å². The number of carbonyl (C=O) groups excluding carboxylic acids is 3. The number of esters is 1. The van der Waals surface area contributed by atoms with Crippen LogP contribution in [0.1, 0.15) is 18.4 Å². The molecule has 1 aromatic carbocycles. The summed E-state index contributed by atoms with van der Waals surface area (Å²) in [5, 5.41) is 2.42. The van der Waals surface area contributed by atoms with Crippen molar-refractivity contribution in [1.82, 2.24) is 10.2 Å². The van der Waals surface area contributed by atoms with Crippen LogP contribution in [0.15, 0.2) is 30.3 Å². The summed E-state index contributed by atoms with van der Waals surface area (Å²) < 4.78 is 5.10. The fourth-order valence-electron chi connectivity index (χ4n) is 2.15. The average molecular weight is 304 g/mol. The van der Waals surface area contributed by atoms with Gasteiger partial charge in [-0.3, -0.25) is 14.4 Å². The lowest BCUT2D eigenvalue weighted by Gasteiger charge is -2.15. The zero-order chi connectivity index (χ0) is 16.2. The molecule has 0 spiro atoms. The fraction of sp³-hybridized carbons (Fsp3) is 0.438. The lowest BCUT2D eigenvalue weighted by atomic mass is 9.96. The number of amides is 2. The quantitative estimate of drug-likeness (QED) is 0.775. The van der Waals surface area contributed by atoms with Gasteiger partial charge in [0.15, 0.2) is 6.61 Å². The molecular formula is C16H20N2O4. The van der Waals surface area contributed by atoms with Crippen molar-refractivity contribution in [2.24, 2.45) is 0 Å². The molecule has 0 aliphatic heterocycles. The van der Waals surface area contributed by atoms with Gasteiger partial charge in [-0.25, -0.2) is 0 Å². The van der Waals surface area contributed by atoms with E-state index in [0.29, 0.717) is 0 Å². The minimum absolute atomic E-state index is 0.104. The van der Waals surface area contributed by atoms with E-state index in [4.69, 9.17) is 4.74 Å². The molecule has 0 heterocycles. The Kier molecular flexibility index (Phi) is 4.80. The van der Waals surface area contributed by atoms with Crippen LogP contribution in [0.4, 0.5) is 0 Å². The molecule has 2 amide bonds. The van der Waals surface area contributed by atoms with Gasteiger partial charge in [-0.15, -0.1) is 0 Å². The number of likely N-dealkylation sites (N-methyl/N-ethyl adjacent to an activating group) is 1. The molecule has 6 nitrogen and oxygen atoms in total. The average Bonchev–Trinajstić information content (AvgIpc) is 3.32. The predicted octanol–water partition coefficient (Wildman–Crippen LogP) is 0.466. The highest BCUT2D eigenvalue weighted by Crippen LogP contribution is 2.49. The highest BCUT2D eigenvalue weighted by molar-refractivity contribution is 5.90. The highest BCUT2D eigenvalue weighted by atomic mass is 16.5. The smallest absolute Gasteiger partial charge is 0.317 e. The van der Waals surface area contributed by atoms with Crippen LogP contribution < -0.4 is 5.32 Å². The van der Waals surface area contributed by atoms with Gasteiger partial charge in [0.25, 0.3) is 5.91 Å². The van der Waals surface area contributed by atoms with Crippen LogP contribution >= 0.6 is 0 Å². The van der Waals surface area contributed by atoms with Crippen molar-refractivity contribution in [3.8, 4) is 0 Å². The topological polar surface area (TPSA) is 75.7 Å². The second kappa shape index (κ2) is 6.60. The minimum atomic E-state index is -0.596. The van der Waals surface area contributed by atoms with Gasteiger partial charge in [0.05, 0.1) is 12.0 Å². The SMILES string of the molecule is CN(C)C(=O)CNC(=O)COC(=O)C1(c2ccccc2)CC1. The number of nitrogens with zero attached hydrogens (tertiary/aromatic N) is 1. The first-order chi connectivity index (χ1) is 10.5. The van der Waals surface area contributed by atoms with Crippen molar-refractivity contribution in [3.63, 3.8) is 0 Å². The molecule has 1 aliphatic carbocycles. The third kappa shape index (κ3) is 3.63. The molecule has 0 aromatic heterocycles. The van der Waals surface area contributed by atoms with Crippen LogP contribution in [0.3, 0.4) is 0 Å². The van der Waals surface area contributed by atoms with Crippen LogP contribution in [0.25, 0.3) is 0 Å². The molecule has 1 N–H and O–H groups in total. The number of hydrogen-bond donors (Lipinski definition) is 1. The lowest BCUT2D eigenvalue weighted by molar-refractivity contribution is -0.151. The standard InChI is InChI=1S/C16H20N2O4/c1-18(2)14(20)10-17-13(19)11-22-15(21)16(8-9-16)12-6-4-3-5-7-12/h3-7H,8-11H2,1-2H3,(H,17,19). The van der Waals surface area contributed by atoms with E-state index in [-0.39, 0.29) is 25.0 Å². The van der Waals surface area contributed by atoms with Crippen molar-refractivity contribution in [3.05, 3.63) is 35.9 Å². The Bertz CT molecular complexity index is 565. The van der Waals surface area contributed by atoms with E-state index in [9.17, 15) is 14.4 Å². The monoisotopic (exact) mass is 304 g/mol. The Labute approximate surface area is 129 Å². The van der Waals surface area contributed by atoms with Crippen LogP contribution in [0.5, 0.6) is 0 Å². The highest BCUT2D eigenvalue weighted by Gasteiger charge is 2.52. The number of carbonyl (C=O) groups is 3. The Morgan fingerprint density at radius 1 is 1.18 bits per heavy atom. The van der Waals surface area contributed by atoms with E-state index in [1.807, 2.05) is 30.3 Å². The summed E-state index contributed by atoms with van der Waals surface area (Å²) in [6.07, 6.45) is 1.47. The van der Waals surface area contributed by atoms with Gasteiger partial charge in [0, 0.05) is 14.1 Å². The molecule has 0 unspecified atom stereocenters. The number of hydrogen-bond acceptors (Lipinski definition) is 4. The van der Waals surface area contributed by atoms with Crippen molar-refractivity contribution < 1.29 is 19.1 Å². The second-order valence-electron chi connectivity index (χ2n) is 5.59. The molecule has 22 heavy (non-hydrogen) atoms. The third-order valence-electron chi connectivity index (χ3n) is 3.74. The molecular weight excluding hydrogens is 284 g/mol. The molecule has 0 atom stereocenters. The zero-order valence-electron chi connectivity index (χ0n) is 12.8. The molecule has 1 aromatic rings. The van der Waals surface area contributed by atoms with Crippen LogP contribution in [0.2, 0.25) is 0 Å². The first kappa shape index (κ1) is 16.0. The summed E-state index contributed by atoms with van der Waals surface area (Å²) in [4.78, 5) is 36.5. The first-order valence-corrected chi connectivity index (χ1v) is 7.15. The van der Waals surface area contributed by atoms with Crippen LogP contribution in [0, 0.1) is 0 Å². The molecule has 0 bridgehead atoms. The number of nitrogens with one attached hydrogen (secondary N) is 1. The first-order valence-electron chi connectivity index (χ1n) is 7.15. The molecule has 118 valence electrons. The molecule has 1 fully saturated rings. The van der Waals surface area contributed by atoms with Gasteiger partial charge in [0.2, 0.25) is 5.91 Å². The Morgan fingerprint density at radius 2 is 1.82 bits per heavy atom. The largest absolute Gasteiger partial charge is 0.455 e. The summed E-state index contributed by atoms with van der Waals surface area (Å²) in [6.45, 7) is -0.471. The summed E-state index contributed by atoms with van der Waals surface area (Å²) in [7, 11) is 3.20. The summed E-state index contributed by atoms with van der Waals surface area (Å²) in [5.41, 5.74) is 0.323. The van der Waals surface area contributed by atoms with Crippen molar-refractivity contribution in [2.45, 2.75) is 18.3 Å². The fourth-order valence-corrected chi connectivity index (χ4v) is 2.15. The third-order valence-corrected chi connectivity index (χ3v) is 3.74. The van der Waals surface area contributed by atoms with Gasteiger partial charge in [-0.1, -0.05) is 30.3 Å². The van der Waals surface area contributed by atoms with Gasteiger partial charge >= 0.3 is 5.97 Å². The lowest BCUT2D eigenvalue weighted by Crippen LogP contribution is -2.38. The van der Waals surface area contributed by atoms with E-state index in [1.54, 1.807) is 14.1 Å². The number of ether oxygens (including phenoxy) is 1. The van der Waals surface area contributed by atoms with Crippen molar-refractivity contribution in [2.75, 3.05) is 27.2 Å². The summed E-state index contributed by atoms with van der Waals surface area (Å²) in [5.74, 6) is -1.08. The Hall–Kier alpha value is -2.37. The Morgan fingerprint density at radius 3 is 2.36 bits per heavy atom. The molecule has 0 radical (unpaired) electrons. The molecule has 0 saturated heterocycles. The molecule has 2 rings (SSSR count). The van der Waals surface area contributed by atoms with Gasteiger partial charge < -0.3 is 15.0 Å². The van der Waals surface area contributed by atoms with Crippen molar-refractivity contribution in [1.29, 1.82) is 0 Å². The van der Waals surface area contributed by atoms with E-state index in [0.717, 1.165) is 18.4 Å². The molecule has 1 aliphatic rings. The minimum Gasteiger partial charge on any atom is -0.455 e. The maximum atomic E-state index is 12.2. The van der Waals surface area contributed by atoms with Gasteiger partial charge in [-0.05, 0) is 18.4 Å². The van der Waals surface area contributed by atoms with Crippen LogP contribution in [-0.2, 0) is 24.5 Å². The maximum Gasteiger partial charge on any atom is 0.317 e. The second-order valence-corrected chi connectivity index (χ2v) is 5.59. The van der Waals surface area contributed by atoms with E-state index >= 15 is 0 Å². The normalized spacial score (nSPS) is 14.8. The molecule has 6 heteroatoms. The predicted molar refractivity (Wildman–Crippen MR) is 80.0 cm³/mol. The Balaban J connectivity index is 1.81. The molecule has 1 saturated carbocycles. The van der Waals surface area contributed by atoms with Crippen LogP contribution in [-0.4, -0.2) is 49.9 Å². The number of rotatable bonds is 6. The van der Waals surface area contributed by atoms with E-state index < -0.39 is 11.3 Å². The van der Waals surface area contributed by atoms with E-state index in [2.05, 4.69) is 5.32 Å². The maximum absolute atomic E-state index is 12.2. The zero-order valence-corrected chi connectivity index (χ0v) is 12.8. The van der Waals surface area contributed by atoms with Crippen molar-refractivity contribution >= 4 is 17.8 Å². The summed E-state index contributed by atoms with van der Waals surface area (Å²) in [6, 6.07) is 9.43.